The highest BCUT2D eigenvalue weighted by Gasteiger charge is 2.15. The second kappa shape index (κ2) is 6.42. The van der Waals surface area contributed by atoms with Gasteiger partial charge < -0.3 is 4.90 Å². The molecule has 1 aromatic rings. The maximum absolute atomic E-state index is 6.49. The lowest BCUT2D eigenvalue weighted by atomic mass is 10.1. The molecule has 0 aliphatic carbocycles. The van der Waals surface area contributed by atoms with E-state index in [0.717, 1.165) is 13.0 Å². The number of alkyl halides is 1. The number of halogens is 1. The van der Waals surface area contributed by atoms with Gasteiger partial charge in [0.05, 0.1) is 5.38 Å². The highest BCUT2D eigenvalue weighted by Crippen LogP contribution is 2.23. The van der Waals surface area contributed by atoms with E-state index in [2.05, 4.69) is 36.1 Å². The van der Waals surface area contributed by atoms with Crippen LogP contribution in [0.15, 0.2) is 24.3 Å². The molecule has 1 heterocycles. The van der Waals surface area contributed by atoms with Crippen molar-refractivity contribution >= 4 is 11.6 Å². The van der Waals surface area contributed by atoms with Crippen LogP contribution in [0.25, 0.3) is 0 Å². The smallest absolute Gasteiger partial charge is 0.0712 e. The predicted octanol–water partition coefficient (Wildman–Crippen LogP) is 4.01. The third kappa shape index (κ3) is 3.72. The van der Waals surface area contributed by atoms with Crippen LogP contribution in [0.5, 0.6) is 0 Å². The van der Waals surface area contributed by atoms with Gasteiger partial charge in [-0.05, 0) is 43.5 Å². The monoisotopic (exact) mass is 251 g/mol. The molecule has 1 unspecified atom stereocenters. The first kappa shape index (κ1) is 12.9. The summed E-state index contributed by atoms with van der Waals surface area (Å²) in [7, 11) is 0. The zero-order chi connectivity index (χ0) is 12.1. The van der Waals surface area contributed by atoms with Crippen molar-refractivity contribution in [1.29, 1.82) is 0 Å². The van der Waals surface area contributed by atoms with E-state index >= 15 is 0 Å². The number of piperidine rings is 1. The lowest BCUT2D eigenvalue weighted by molar-refractivity contribution is 0.229. The average Bonchev–Trinajstić information content (AvgIpc) is 2.40. The number of aryl methyl sites for hydroxylation is 1. The molecular formula is C15H22ClN. The van der Waals surface area contributed by atoms with Crippen molar-refractivity contribution in [2.45, 2.75) is 38.0 Å². The number of benzene rings is 1. The Morgan fingerprint density at radius 2 is 1.76 bits per heavy atom. The van der Waals surface area contributed by atoms with E-state index in [4.69, 9.17) is 11.6 Å². The zero-order valence-corrected chi connectivity index (χ0v) is 11.4. The fraction of sp³-hybridized carbons (Fsp3) is 0.600. The summed E-state index contributed by atoms with van der Waals surface area (Å²) in [5, 5.41) is 0.138. The van der Waals surface area contributed by atoms with Gasteiger partial charge in [0, 0.05) is 6.54 Å². The van der Waals surface area contributed by atoms with Gasteiger partial charge in [0.2, 0.25) is 0 Å². The van der Waals surface area contributed by atoms with Crippen LogP contribution in [-0.4, -0.2) is 24.5 Å². The molecule has 1 saturated heterocycles. The number of nitrogens with zero attached hydrogens (tertiary/aromatic N) is 1. The van der Waals surface area contributed by atoms with Gasteiger partial charge in [0.25, 0.3) is 0 Å². The molecule has 0 saturated carbocycles. The summed E-state index contributed by atoms with van der Waals surface area (Å²) in [6.07, 6.45) is 5.14. The van der Waals surface area contributed by atoms with E-state index in [1.165, 1.54) is 43.5 Å². The van der Waals surface area contributed by atoms with E-state index in [0.29, 0.717) is 0 Å². The highest BCUT2D eigenvalue weighted by molar-refractivity contribution is 6.21. The van der Waals surface area contributed by atoms with Crippen molar-refractivity contribution in [3.8, 4) is 0 Å². The molecule has 1 aromatic carbocycles. The Morgan fingerprint density at radius 1 is 1.12 bits per heavy atom. The number of rotatable bonds is 4. The van der Waals surface area contributed by atoms with E-state index in [1.807, 2.05) is 0 Å². The normalized spacial score (nSPS) is 19.2. The van der Waals surface area contributed by atoms with Crippen molar-refractivity contribution < 1.29 is 0 Å². The standard InChI is InChI=1S/C15H22ClN/c1-2-13-6-8-14(9-7-13)15(16)12-17-10-4-3-5-11-17/h6-9,15H,2-5,10-12H2,1H3. The Hall–Kier alpha value is -0.530. The van der Waals surface area contributed by atoms with Crippen LogP contribution in [-0.2, 0) is 6.42 Å². The average molecular weight is 252 g/mol. The van der Waals surface area contributed by atoms with Crippen LogP contribution >= 0.6 is 11.6 Å². The molecule has 1 atom stereocenters. The summed E-state index contributed by atoms with van der Waals surface area (Å²) in [6.45, 7) is 5.61. The van der Waals surface area contributed by atoms with Crippen molar-refractivity contribution in [3.63, 3.8) is 0 Å². The molecule has 0 amide bonds. The summed E-state index contributed by atoms with van der Waals surface area (Å²) in [4.78, 5) is 2.49. The molecule has 0 bridgehead atoms. The Kier molecular flexibility index (Phi) is 4.87. The first-order chi connectivity index (χ1) is 8.29. The summed E-state index contributed by atoms with van der Waals surface area (Å²) in [5.74, 6) is 0. The fourth-order valence-corrected chi connectivity index (χ4v) is 2.78. The van der Waals surface area contributed by atoms with Crippen molar-refractivity contribution in [1.82, 2.24) is 4.90 Å². The van der Waals surface area contributed by atoms with Crippen LogP contribution in [0.1, 0.15) is 42.7 Å². The number of likely N-dealkylation sites (tertiary alicyclic amines) is 1. The van der Waals surface area contributed by atoms with Gasteiger partial charge in [-0.3, -0.25) is 0 Å². The van der Waals surface area contributed by atoms with Crippen LogP contribution in [0.4, 0.5) is 0 Å². The third-order valence-electron chi connectivity index (χ3n) is 3.62. The molecule has 0 radical (unpaired) electrons. The van der Waals surface area contributed by atoms with Crippen LogP contribution in [0.3, 0.4) is 0 Å². The SMILES string of the molecule is CCc1ccc(C(Cl)CN2CCCCC2)cc1. The molecule has 2 rings (SSSR count). The summed E-state index contributed by atoms with van der Waals surface area (Å²) >= 11 is 6.49. The van der Waals surface area contributed by atoms with Gasteiger partial charge in [-0.1, -0.05) is 37.6 Å². The van der Waals surface area contributed by atoms with Gasteiger partial charge in [-0.25, -0.2) is 0 Å². The van der Waals surface area contributed by atoms with Crippen molar-refractivity contribution in [3.05, 3.63) is 35.4 Å². The van der Waals surface area contributed by atoms with Gasteiger partial charge in [-0.2, -0.15) is 0 Å². The molecule has 17 heavy (non-hydrogen) atoms. The Bertz CT molecular complexity index is 327. The van der Waals surface area contributed by atoms with Gasteiger partial charge in [-0.15, -0.1) is 11.6 Å². The highest BCUT2D eigenvalue weighted by atomic mass is 35.5. The van der Waals surface area contributed by atoms with E-state index in [1.54, 1.807) is 0 Å². The molecule has 0 N–H and O–H groups in total. The molecular weight excluding hydrogens is 230 g/mol. The van der Waals surface area contributed by atoms with Gasteiger partial charge >= 0.3 is 0 Å². The van der Waals surface area contributed by atoms with Crippen LogP contribution in [0, 0.1) is 0 Å². The minimum Gasteiger partial charge on any atom is -0.302 e. The molecule has 1 aliphatic heterocycles. The molecule has 0 aromatic heterocycles. The summed E-state index contributed by atoms with van der Waals surface area (Å²) in [5.41, 5.74) is 2.64. The second-order valence-corrected chi connectivity index (χ2v) is 5.45. The number of hydrogen-bond donors (Lipinski definition) is 0. The predicted molar refractivity (Wildman–Crippen MR) is 74.7 cm³/mol. The minimum atomic E-state index is 0.138. The quantitative estimate of drug-likeness (QED) is 0.731. The number of hydrogen-bond acceptors (Lipinski definition) is 1. The van der Waals surface area contributed by atoms with Crippen molar-refractivity contribution in [2.75, 3.05) is 19.6 Å². The Balaban J connectivity index is 1.91. The molecule has 1 fully saturated rings. The lowest BCUT2D eigenvalue weighted by Crippen LogP contribution is -2.32. The zero-order valence-electron chi connectivity index (χ0n) is 10.7. The second-order valence-electron chi connectivity index (χ2n) is 4.92. The van der Waals surface area contributed by atoms with E-state index in [9.17, 15) is 0 Å². The molecule has 1 aliphatic rings. The summed E-state index contributed by atoms with van der Waals surface area (Å²) in [6, 6.07) is 8.75. The van der Waals surface area contributed by atoms with Gasteiger partial charge in [0.1, 0.15) is 0 Å². The van der Waals surface area contributed by atoms with Crippen LogP contribution < -0.4 is 0 Å². The van der Waals surface area contributed by atoms with Gasteiger partial charge in [0.15, 0.2) is 0 Å². The Morgan fingerprint density at radius 3 is 2.35 bits per heavy atom. The van der Waals surface area contributed by atoms with Crippen LogP contribution in [0.2, 0.25) is 0 Å². The minimum absolute atomic E-state index is 0.138. The molecule has 2 heteroatoms. The largest absolute Gasteiger partial charge is 0.302 e. The lowest BCUT2D eigenvalue weighted by Gasteiger charge is -2.28. The maximum atomic E-state index is 6.49. The first-order valence-corrected chi connectivity index (χ1v) is 7.18. The summed E-state index contributed by atoms with van der Waals surface area (Å²) < 4.78 is 0. The first-order valence-electron chi connectivity index (χ1n) is 6.75. The van der Waals surface area contributed by atoms with Crippen molar-refractivity contribution in [2.24, 2.45) is 0 Å². The molecule has 94 valence electrons. The fourth-order valence-electron chi connectivity index (χ4n) is 2.44. The van der Waals surface area contributed by atoms with E-state index in [-0.39, 0.29) is 5.38 Å². The third-order valence-corrected chi connectivity index (χ3v) is 4.01. The maximum Gasteiger partial charge on any atom is 0.0712 e. The topological polar surface area (TPSA) is 3.24 Å². The van der Waals surface area contributed by atoms with E-state index < -0.39 is 0 Å². The Labute approximate surface area is 110 Å². The molecule has 0 spiro atoms. The molecule has 1 nitrogen and oxygen atoms in total.